The summed E-state index contributed by atoms with van der Waals surface area (Å²) in [6.45, 7) is 5.36. The topological polar surface area (TPSA) is 69.6 Å². The number of rotatable bonds is 5. The molecule has 2 atom stereocenters. The van der Waals surface area contributed by atoms with Crippen LogP contribution >= 0.6 is 11.6 Å². The smallest absolute Gasteiger partial charge is 0.326 e. The first-order valence-corrected chi connectivity index (χ1v) is 7.13. The van der Waals surface area contributed by atoms with Crippen molar-refractivity contribution < 1.29 is 14.7 Å². The van der Waals surface area contributed by atoms with E-state index in [-0.39, 0.29) is 12.0 Å². The summed E-state index contributed by atoms with van der Waals surface area (Å²) in [5, 5.41) is 12.2. The normalized spacial score (nSPS) is 13.6. The number of carbonyl (C=O) groups excluding carboxylic acids is 1. The minimum absolute atomic E-state index is 0.193. The van der Waals surface area contributed by atoms with Gasteiger partial charge in [-0.15, -0.1) is 0 Å². The third-order valence-electron chi connectivity index (χ3n) is 3.44. The van der Waals surface area contributed by atoms with Crippen molar-refractivity contribution in [2.24, 2.45) is 5.92 Å². The van der Waals surface area contributed by atoms with Crippen molar-refractivity contribution in [3.8, 4) is 0 Å². The number of urea groups is 1. The molecule has 0 bridgehead atoms. The molecule has 0 saturated carbocycles. The van der Waals surface area contributed by atoms with Crippen molar-refractivity contribution in [3.63, 3.8) is 0 Å². The van der Waals surface area contributed by atoms with Crippen molar-refractivity contribution in [1.29, 1.82) is 0 Å². The van der Waals surface area contributed by atoms with E-state index >= 15 is 0 Å². The zero-order chi connectivity index (χ0) is 16.2. The third-order valence-corrected chi connectivity index (χ3v) is 3.68. The lowest BCUT2D eigenvalue weighted by molar-refractivity contribution is -0.140. The summed E-state index contributed by atoms with van der Waals surface area (Å²) in [5.41, 5.74) is 0.886. The fourth-order valence-corrected chi connectivity index (χ4v) is 2.11. The number of hydrogen-bond acceptors (Lipinski definition) is 2. The van der Waals surface area contributed by atoms with Gasteiger partial charge in [-0.3, -0.25) is 0 Å². The van der Waals surface area contributed by atoms with E-state index < -0.39 is 18.0 Å². The molecule has 5 nitrogen and oxygen atoms in total. The zero-order valence-corrected chi connectivity index (χ0v) is 13.4. The predicted molar refractivity (Wildman–Crippen MR) is 82.4 cm³/mol. The van der Waals surface area contributed by atoms with Crippen LogP contribution in [-0.2, 0) is 4.79 Å². The minimum atomic E-state index is -1.04. The molecule has 2 N–H and O–H groups in total. The average Bonchev–Trinajstić information content (AvgIpc) is 2.42. The highest BCUT2D eigenvalue weighted by atomic mass is 35.5. The van der Waals surface area contributed by atoms with E-state index in [2.05, 4.69) is 5.32 Å². The monoisotopic (exact) mass is 312 g/mol. The molecule has 1 rings (SSSR count). The largest absolute Gasteiger partial charge is 0.480 e. The molecule has 21 heavy (non-hydrogen) atoms. The Bertz CT molecular complexity index is 519. The second-order valence-electron chi connectivity index (χ2n) is 5.35. The molecule has 0 aliphatic heterocycles. The van der Waals surface area contributed by atoms with Crippen LogP contribution in [0.5, 0.6) is 0 Å². The number of hydrogen-bond donors (Lipinski definition) is 2. The van der Waals surface area contributed by atoms with Gasteiger partial charge in [-0.05, 0) is 30.5 Å². The lowest BCUT2D eigenvalue weighted by atomic mass is 10.0. The molecule has 0 aromatic heterocycles. The average molecular weight is 313 g/mol. The van der Waals surface area contributed by atoms with Gasteiger partial charge in [-0.25, -0.2) is 9.59 Å². The van der Waals surface area contributed by atoms with Crippen molar-refractivity contribution >= 4 is 23.6 Å². The quantitative estimate of drug-likeness (QED) is 0.877. The molecule has 0 saturated heterocycles. The Morgan fingerprint density at radius 3 is 2.38 bits per heavy atom. The van der Waals surface area contributed by atoms with E-state index in [0.717, 1.165) is 5.56 Å². The lowest BCUT2D eigenvalue weighted by Crippen LogP contribution is -2.49. The maximum absolute atomic E-state index is 12.2. The van der Waals surface area contributed by atoms with E-state index in [9.17, 15) is 9.59 Å². The molecular weight excluding hydrogens is 292 g/mol. The molecule has 116 valence electrons. The summed E-state index contributed by atoms with van der Waals surface area (Å²) in [6.07, 6.45) is 0. The van der Waals surface area contributed by atoms with Gasteiger partial charge in [0.05, 0.1) is 6.04 Å². The molecule has 0 aliphatic rings. The van der Waals surface area contributed by atoms with Crippen LogP contribution in [0.2, 0.25) is 5.02 Å². The summed E-state index contributed by atoms with van der Waals surface area (Å²) in [4.78, 5) is 24.8. The number of benzene rings is 1. The first kappa shape index (κ1) is 17.3. The van der Waals surface area contributed by atoms with Gasteiger partial charge >= 0.3 is 12.0 Å². The maximum Gasteiger partial charge on any atom is 0.326 e. The molecule has 2 amide bonds. The Kier molecular flexibility index (Phi) is 6.03. The summed E-state index contributed by atoms with van der Waals surface area (Å²) in [6, 6.07) is 5.68. The van der Waals surface area contributed by atoms with Crippen LogP contribution in [-0.4, -0.2) is 35.1 Å². The molecule has 1 aromatic carbocycles. The van der Waals surface area contributed by atoms with Gasteiger partial charge < -0.3 is 15.3 Å². The first-order chi connectivity index (χ1) is 9.73. The van der Waals surface area contributed by atoms with Crippen LogP contribution in [0.3, 0.4) is 0 Å². The molecule has 0 aliphatic carbocycles. The van der Waals surface area contributed by atoms with Crippen LogP contribution in [0, 0.1) is 5.92 Å². The third kappa shape index (κ3) is 4.63. The number of nitrogens with zero attached hydrogens (tertiary/aromatic N) is 1. The van der Waals surface area contributed by atoms with Crippen molar-refractivity contribution in [2.45, 2.75) is 32.9 Å². The van der Waals surface area contributed by atoms with Gasteiger partial charge in [0.2, 0.25) is 0 Å². The van der Waals surface area contributed by atoms with E-state index in [0.29, 0.717) is 5.02 Å². The number of halogens is 1. The van der Waals surface area contributed by atoms with Crippen LogP contribution < -0.4 is 5.32 Å². The SMILES string of the molecule is CC(C)[C@@H](NC(=O)N(C)C(C)c1cccc(Cl)c1)C(=O)O. The second kappa shape index (κ2) is 7.31. The van der Waals surface area contributed by atoms with Crippen LogP contribution in [0.25, 0.3) is 0 Å². The number of amides is 2. The van der Waals surface area contributed by atoms with Gasteiger partial charge in [-0.1, -0.05) is 37.6 Å². The minimum Gasteiger partial charge on any atom is -0.480 e. The highest BCUT2D eigenvalue weighted by Crippen LogP contribution is 2.22. The Labute approximate surface area is 129 Å². The Morgan fingerprint density at radius 2 is 1.90 bits per heavy atom. The number of nitrogens with one attached hydrogen (secondary N) is 1. The number of carboxylic acids is 1. The Hall–Kier alpha value is -1.75. The number of carboxylic acid groups (broad SMARTS) is 1. The van der Waals surface area contributed by atoms with Gasteiger partial charge in [0.1, 0.15) is 6.04 Å². The summed E-state index contributed by atoms with van der Waals surface area (Å²) in [7, 11) is 1.63. The highest BCUT2D eigenvalue weighted by Gasteiger charge is 2.26. The standard InChI is InChI=1S/C15H21ClN2O3/c1-9(2)13(14(19)20)17-15(21)18(4)10(3)11-6-5-7-12(16)8-11/h5-10,13H,1-4H3,(H,17,21)(H,19,20)/t10?,13-/m1/s1. The van der Waals surface area contributed by atoms with E-state index in [1.54, 1.807) is 33.0 Å². The van der Waals surface area contributed by atoms with E-state index in [1.807, 2.05) is 19.1 Å². The van der Waals surface area contributed by atoms with Crippen molar-refractivity contribution in [3.05, 3.63) is 34.9 Å². The molecule has 0 fully saturated rings. The molecule has 0 radical (unpaired) electrons. The van der Waals surface area contributed by atoms with Gasteiger partial charge in [0.25, 0.3) is 0 Å². The first-order valence-electron chi connectivity index (χ1n) is 6.75. The summed E-state index contributed by atoms with van der Waals surface area (Å²) in [5.74, 6) is -1.23. The van der Waals surface area contributed by atoms with Crippen molar-refractivity contribution in [2.75, 3.05) is 7.05 Å². The zero-order valence-electron chi connectivity index (χ0n) is 12.6. The molecular formula is C15H21ClN2O3. The maximum atomic E-state index is 12.2. The fraction of sp³-hybridized carbons (Fsp3) is 0.467. The van der Waals surface area contributed by atoms with E-state index in [4.69, 9.17) is 16.7 Å². The molecule has 1 aromatic rings. The lowest BCUT2D eigenvalue weighted by Gasteiger charge is -2.28. The summed E-state index contributed by atoms with van der Waals surface area (Å²) >= 11 is 5.94. The van der Waals surface area contributed by atoms with Crippen molar-refractivity contribution in [1.82, 2.24) is 10.2 Å². The number of aliphatic carboxylic acids is 1. The van der Waals surface area contributed by atoms with Gasteiger partial charge in [0.15, 0.2) is 0 Å². The van der Waals surface area contributed by atoms with E-state index in [1.165, 1.54) is 4.90 Å². The highest BCUT2D eigenvalue weighted by molar-refractivity contribution is 6.30. The van der Waals surface area contributed by atoms with Gasteiger partial charge in [-0.2, -0.15) is 0 Å². The van der Waals surface area contributed by atoms with Gasteiger partial charge in [0, 0.05) is 12.1 Å². The number of carbonyl (C=O) groups is 2. The second-order valence-corrected chi connectivity index (χ2v) is 5.79. The Morgan fingerprint density at radius 1 is 1.29 bits per heavy atom. The molecule has 0 heterocycles. The van der Waals surface area contributed by atoms with Crippen LogP contribution in [0.4, 0.5) is 4.79 Å². The van der Waals surface area contributed by atoms with Crippen LogP contribution in [0.1, 0.15) is 32.4 Å². The molecule has 6 heteroatoms. The fourth-order valence-electron chi connectivity index (χ4n) is 1.91. The molecule has 1 unspecified atom stereocenters. The van der Waals surface area contributed by atoms with Crippen LogP contribution in [0.15, 0.2) is 24.3 Å². The summed E-state index contributed by atoms with van der Waals surface area (Å²) < 4.78 is 0. The Balaban J connectivity index is 2.80. The predicted octanol–water partition coefficient (Wildman–Crippen LogP) is 3.15. The molecule has 0 spiro atoms.